The third-order valence-corrected chi connectivity index (χ3v) is 8.72. The van der Waals surface area contributed by atoms with Crippen LogP contribution >= 0.6 is 0 Å². The van der Waals surface area contributed by atoms with E-state index in [-0.39, 0.29) is 29.4 Å². The zero-order valence-electron chi connectivity index (χ0n) is 16.1. The summed E-state index contributed by atoms with van der Waals surface area (Å²) in [5, 5.41) is 12.0. The van der Waals surface area contributed by atoms with Crippen molar-refractivity contribution in [3.8, 4) is 0 Å². The summed E-state index contributed by atoms with van der Waals surface area (Å²) < 4.78 is 5.37. The zero-order valence-corrected chi connectivity index (χ0v) is 16.1. The summed E-state index contributed by atoms with van der Waals surface area (Å²) in [6, 6.07) is 9.09. The number of anilines is 1. The van der Waals surface area contributed by atoms with Crippen molar-refractivity contribution in [3.05, 3.63) is 41.5 Å². The second-order valence-corrected chi connectivity index (χ2v) is 9.05. The average molecular weight is 366 g/mol. The van der Waals surface area contributed by atoms with Gasteiger partial charge in [-0.25, -0.2) is 0 Å². The van der Waals surface area contributed by atoms with Gasteiger partial charge in [-0.15, -0.1) is 0 Å². The van der Waals surface area contributed by atoms with Gasteiger partial charge in [0.2, 0.25) is 0 Å². The number of para-hydroxylation sites is 1. The van der Waals surface area contributed by atoms with Crippen molar-refractivity contribution in [1.82, 2.24) is 4.90 Å². The van der Waals surface area contributed by atoms with E-state index >= 15 is 0 Å². The van der Waals surface area contributed by atoms with Crippen molar-refractivity contribution in [2.75, 3.05) is 25.6 Å². The first-order valence-electron chi connectivity index (χ1n) is 10.0. The van der Waals surface area contributed by atoms with Crippen molar-refractivity contribution in [2.45, 2.75) is 49.4 Å². The molecule has 5 fully saturated rings. The Labute approximate surface area is 159 Å². The fourth-order valence-corrected chi connectivity index (χ4v) is 7.97. The second-order valence-electron chi connectivity index (χ2n) is 9.05. The second kappa shape index (κ2) is 4.76. The summed E-state index contributed by atoms with van der Waals surface area (Å²) in [6.07, 6.45) is 3.19. The van der Waals surface area contributed by atoms with E-state index in [2.05, 4.69) is 54.1 Å². The number of fused-ring (bicyclic) bond motifs is 2. The summed E-state index contributed by atoms with van der Waals surface area (Å²) in [5.41, 5.74) is 2.48. The number of aliphatic hydroxyl groups excluding tert-OH is 1. The molecule has 142 valence electrons. The van der Waals surface area contributed by atoms with Crippen LogP contribution in [0.25, 0.3) is 0 Å². The summed E-state index contributed by atoms with van der Waals surface area (Å²) in [4.78, 5) is 18.2. The summed E-state index contributed by atoms with van der Waals surface area (Å²) >= 11 is 0. The highest BCUT2D eigenvalue weighted by Crippen LogP contribution is 2.72. The molecule has 1 aliphatic carbocycles. The first-order valence-corrected chi connectivity index (χ1v) is 10.0. The highest BCUT2D eigenvalue weighted by atomic mass is 16.5. The van der Waals surface area contributed by atoms with E-state index in [1.165, 1.54) is 23.9 Å². The van der Waals surface area contributed by atoms with Crippen molar-refractivity contribution in [3.63, 3.8) is 0 Å². The Bertz CT molecular complexity index is 897. The molecule has 8 atom stereocenters. The maximum absolute atomic E-state index is 13.3. The summed E-state index contributed by atoms with van der Waals surface area (Å²) in [5.74, 6) is -0.146. The standard InChI is InChI=1S/C22H26N2O3/c1-4-12-11-24-16-9-14(12)22(20(26)27-3)17(24)10-21(19(22)25)13-7-5-6-8-15(13)23(2)18(16)21/h4-8,14,16-19,25H,9-11H2,1-3H3/b12-4-/t14-,16-,17?,18+,19?,21+,22?/m0/s1. The first-order chi connectivity index (χ1) is 13.0. The van der Waals surface area contributed by atoms with Crippen LogP contribution in [0, 0.1) is 11.3 Å². The molecule has 4 unspecified atom stereocenters. The minimum Gasteiger partial charge on any atom is -0.468 e. The van der Waals surface area contributed by atoms with Gasteiger partial charge in [-0.05, 0) is 31.4 Å². The SMILES string of the molecule is C/C=C1/CN2C3C[C@@]45c6ccccc6N(C)[C@@H]4[C@@H]2C[C@@H]1C3(C(=O)OC)C5O. The molecule has 1 aromatic carbocycles. The van der Waals surface area contributed by atoms with Gasteiger partial charge in [-0.3, -0.25) is 9.69 Å². The van der Waals surface area contributed by atoms with Gasteiger partial charge >= 0.3 is 5.97 Å². The quantitative estimate of drug-likeness (QED) is 0.606. The highest BCUT2D eigenvalue weighted by Gasteiger charge is 2.82. The number of nitrogens with zero attached hydrogens (tertiary/aromatic N) is 2. The van der Waals surface area contributed by atoms with E-state index < -0.39 is 11.5 Å². The molecule has 0 amide bonds. The maximum atomic E-state index is 13.3. The topological polar surface area (TPSA) is 53.0 Å². The van der Waals surface area contributed by atoms with Crippen LogP contribution in [0.1, 0.15) is 25.3 Å². The summed E-state index contributed by atoms with van der Waals surface area (Å²) in [7, 11) is 3.63. The lowest BCUT2D eigenvalue weighted by molar-refractivity contribution is -0.179. The largest absolute Gasteiger partial charge is 0.468 e. The molecule has 5 bridgehead atoms. The molecule has 0 aromatic heterocycles. The van der Waals surface area contributed by atoms with Crippen molar-refractivity contribution < 1.29 is 14.6 Å². The monoisotopic (exact) mass is 366 g/mol. The first kappa shape index (κ1) is 16.1. The molecular weight excluding hydrogens is 340 g/mol. The van der Waals surface area contributed by atoms with Crippen LogP contribution in [0.4, 0.5) is 5.69 Å². The minimum absolute atomic E-state index is 0.0585. The van der Waals surface area contributed by atoms with E-state index in [4.69, 9.17) is 4.74 Å². The number of methoxy groups -OCH3 is 1. The molecule has 5 aliphatic heterocycles. The Hall–Kier alpha value is -1.85. The third kappa shape index (κ3) is 1.40. The van der Waals surface area contributed by atoms with Crippen LogP contribution in [-0.2, 0) is 14.9 Å². The van der Waals surface area contributed by atoms with Gasteiger partial charge < -0.3 is 14.7 Å². The molecule has 1 saturated carbocycles. The Kier molecular flexibility index (Phi) is 2.84. The van der Waals surface area contributed by atoms with Crippen LogP contribution < -0.4 is 4.90 Å². The predicted octanol–water partition coefficient (Wildman–Crippen LogP) is 1.70. The van der Waals surface area contributed by atoms with Crippen molar-refractivity contribution in [1.29, 1.82) is 0 Å². The van der Waals surface area contributed by atoms with Gasteiger partial charge in [0.15, 0.2) is 0 Å². The lowest BCUT2D eigenvalue weighted by atomic mass is 9.58. The van der Waals surface area contributed by atoms with E-state index in [0.717, 1.165) is 19.4 Å². The number of esters is 1. The van der Waals surface area contributed by atoms with Gasteiger partial charge in [0.05, 0.1) is 19.3 Å². The number of carbonyl (C=O) groups is 1. The van der Waals surface area contributed by atoms with E-state index in [1.807, 2.05) is 0 Å². The molecule has 7 rings (SSSR count). The van der Waals surface area contributed by atoms with Crippen LogP contribution in [-0.4, -0.2) is 60.9 Å². The van der Waals surface area contributed by atoms with Gasteiger partial charge in [0.1, 0.15) is 5.41 Å². The van der Waals surface area contributed by atoms with Crippen LogP contribution in [0.5, 0.6) is 0 Å². The maximum Gasteiger partial charge on any atom is 0.316 e. The van der Waals surface area contributed by atoms with Crippen LogP contribution in [0.15, 0.2) is 35.9 Å². The molecule has 6 aliphatic rings. The number of piperidine rings is 4. The molecule has 0 radical (unpaired) electrons. The summed E-state index contributed by atoms with van der Waals surface area (Å²) in [6.45, 7) is 2.97. The number of hydrogen-bond donors (Lipinski definition) is 1. The molecule has 1 aromatic rings. The normalized spacial score (nSPS) is 49.5. The zero-order chi connectivity index (χ0) is 18.7. The fraction of sp³-hybridized carbons (Fsp3) is 0.591. The number of allylic oxidation sites excluding steroid dienone is 1. The number of aliphatic hydroxyl groups is 1. The number of likely N-dealkylation sites (N-methyl/N-ethyl adjacent to an activating group) is 1. The molecule has 1 N–H and O–H groups in total. The van der Waals surface area contributed by atoms with Gasteiger partial charge in [0, 0.05) is 42.7 Å². The third-order valence-electron chi connectivity index (χ3n) is 8.72. The molecule has 27 heavy (non-hydrogen) atoms. The average Bonchev–Trinajstić information content (AvgIpc) is 3.08. The molecule has 5 heterocycles. The van der Waals surface area contributed by atoms with E-state index in [1.54, 1.807) is 0 Å². The lowest BCUT2D eigenvalue weighted by Gasteiger charge is -2.61. The van der Waals surface area contributed by atoms with Crippen LogP contribution in [0.2, 0.25) is 0 Å². The Morgan fingerprint density at radius 2 is 2.15 bits per heavy atom. The number of hydrogen-bond acceptors (Lipinski definition) is 5. The fourth-order valence-electron chi connectivity index (χ4n) is 7.97. The predicted molar refractivity (Wildman–Crippen MR) is 102 cm³/mol. The Morgan fingerprint density at radius 1 is 1.37 bits per heavy atom. The van der Waals surface area contributed by atoms with Crippen molar-refractivity contribution in [2.24, 2.45) is 11.3 Å². The Morgan fingerprint density at radius 3 is 2.89 bits per heavy atom. The number of benzene rings is 1. The molecular formula is C22H26N2O3. The number of ether oxygens (including phenoxy) is 1. The smallest absolute Gasteiger partial charge is 0.316 e. The molecule has 5 heteroatoms. The van der Waals surface area contributed by atoms with E-state index in [0.29, 0.717) is 6.04 Å². The number of carbonyl (C=O) groups excluding carboxylic acids is 1. The van der Waals surface area contributed by atoms with E-state index in [9.17, 15) is 9.90 Å². The van der Waals surface area contributed by atoms with Gasteiger partial charge in [-0.1, -0.05) is 29.8 Å². The lowest BCUT2D eigenvalue weighted by Crippen LogP contribution is -2.71. The molecule has 1 spiro atoms. The minimum atomic E-state index is -0.849. The molecule has 5 nitrogen and oxygen atoms in total. The Balaban J connectivity index is 1.67. The van der Waals surface area contributed by atoms with Crippen LogP contribution in [0.3, 0.4) is 0 Å². The van der Waals surface area contributed by atoms with Gasteiger partial charge in [0.25, 0.3) is 0 Å². The number of rotatable bonds is 1. The molecule has 4 saturated heterocycles. The van der Waals surface area contributed by atoms with Gasteiger partial charge in [-0.2, -0.15) is 0 Å². The highest BCUT2D eigenvalue weighted by molar-refractivity contribution is 5.84. The van der Waals surface area contributed by atoms with Crippen molar-refractivity contribution >= 4 is 11.7 Å².